The van der Waals surface area contributed by atoms with Crippen molar-refractivity contribution in [2.24, 2.45) is 17.6 Å². The molecule has 5 nitrogen and oxygen atoms in total. The molecular formula is C26H37N3O2. The van der Waals surface area contributed by atoms with Crippen LogP contribution < -0.4 is 11.1 Å². The van der Waals surface area contributed by atoms with E-state index in [4.69, 9.17) is 10.3 Å². The molecule has 0 radical (unpaired) electrons. The van der Waals surface area contributed by atoms with E-state index in [0.29, 0.717) is 24.8 Å². The minimum absolute atomic E-state index is 0.0191. The number of rotatable bonds is 9. The maximum absolute atomic E-state index is 12.8. The van der Waals surface area contributed by atoms with Gasteiger partial charge in [0.15, 0.2) is 0 Å². The van der Waals surface area contributed by atoms with E-state index in [2.05, 4.69) is 37.3 Å². The molecule has 1 aromatic carbocycles. The first-order chi connectivity index (χ1) is 14.9. The molecule has 2 aromatic rings. The van der Waals surface area contributed by atoms with E-state index in [1.165, 1.54) is 43.2 Å². The zero-order valence-corrected chi connectivity index (χ0v) is 19.4. The van der Waals surface area contributed by atoms with Gasteiger partial charge in [-0.15, -0.1) is 0 Å². The lowest BCUT2D eigenvalue weighted by atomic mass is 9.69. The number of hydrogen-bond donors (Lipinski definition) is 2. The molecule has 2 aliphatic rings. The highest BCUT2D eigenvalue weighted by Crippen LogP contribution is 2.52. The zero-order chi connectivity index (χ0) is 22.1. The van der Waals surface area contributed by atoms with Crippen molar-refractivity contribution in [3.05, 3.63) is 46.3 Å². The van der Waals surface area contributed by atoms with Crippen molar-refractivity contribution in [3.8, 4) is 0 Å². The van der Waals surface area contributed by atoms with E-state index in [-0.39, 0.29) is 11.8 Å². The fraction of sp³-hybridized carbons (Fsp3) is 0.615. The standard InChI is InChI=1S/C26H37N3O2/c1-15(2)9-18-11-20(12-18)26-24(19-6-7-19)25(29-31-26)21(14-27)13-23(30)28-22-8-5-16(3)10-17(22)4/h5,8,10,15,18-21H,6-7,9,11-14,27H2,1-4H3,(H,28,30)/t18-,20+,21-/m1/s1. The van der Waals surface area contributed by atoms with Gasteiger partial charge in [0, 0.05) is 36.1 Å². The maximum Gasteiger partial charge on any atom is 0.225 e. The summed E-state index contributed by atoms with van der Waals surface area (Å²) >= 11 is 0. The number of amides is 1. The van der Waals surface area contributed by atoms with E-state index >= 15 is 0 Å². The fourth-order valence-electron chi connectivity index (χ4n) is 5.17. The molecule has 1 aromatic heterocycles. The smallest absolute Gasteiger partial charge is 0.225 e. The molecule has 168 valence electrons. The quantitative estimate of drug-likeness (QED) is 0.536. The summed E-state index contributed by atoms with van der Waals surface area (Å²) in [5.74, 6) is 3.54. The van der Waals surface area contributed by atoms with Crippen LogP contribution in [0.1, 0.15) is 98.3 Å². The number of carbonyl (C=O) groups excluding carboxylic acids is 1. The van der Waals surface area contributed by atoms with Crippen molar-refractivity contribution in [1.82, 2.24) is 5.16 Å². The third kappa shape index (κ3) is 5.03. The average Bonchev–Trinajstić information content (AvgIpc) is 3.43. The highest BCUT2D eigenvalue weighted by molar-refractivity contribution is 5.92. The molecule has 4 rings (SSSR count). The van der Waals surface area contributed by atoms with E-state index in [1.807, 2.05) is 19.1 Å². The lowest BCUT2D eigenvalue weighted by Crippen LogP contribution is -2.24. The molecule has 5 heteroatoms. The van der Waals surface area contributed by atoms with Crippen LogP contribution in [0.15, 0.2) is 22.7 Å². The van der Waals surface area contributed by atoms with Gasteiger partial charge in [0.1, 0.15) is 5.76 Å². The number of aryl methyl sites for hydroxylation is 2. The first-order valence-electron chi connectivity index (χ1n) is 11.9. The van der Waals surface area contributed by atoms with Crippen LogP contribution in [0.4, 0.5) is 5.69 Å². The summed E-state index contributed by atoms with van der Waals surface area (Å²) in [6.45, 7) is 9.06. The van der Waals surface area contributed by atoms with Crippen LogP contribution in [0, 0.1) is 25.7 Å². The van der Waals surface area contributed by atoms with Gasteiger partial charge in [0.25, 0.3) is 0 Å². The largest absolute Gasteiger partial charge is 0.361 e. The topological polar surface area (TPSA) is 81.2 Å². The summed E-state index contributed by atoms with van der Waals surface area (Å²) in [5.41, 5.74) is 11.5. The van der Waals surface area contributed by atoms with E-state index < -0.39 is 0 Å². The Kier molecular flexibility index (Phi) is 6.52. The lowest BCUT2D eigenvalue weighted by molar-refractivity contribution is -0.116. The molecule has 0 unspecified atom stereocenters. The van der Waals surface area contributed by atoms with Crippen molar-refractivity contribution in [3.63, 3.8) is 0 Å². The van der Waals surface area contributed by atoms with Gasteiger partial charge in [-0.2, -0.15) is 0 Å². The van der Waals surface area contributed by atoms with Crippen molar-refractivity contribution in [2.45, 2.75) is 84.0 Å². The van der Waals surface area contributed by atoms with Crippen LogP contribution >= 0.6 is 0 Å². The Morgan fingerprint density at radius 2 is 1.97 bits per heavy atom. The van der Waals surface area contributed by atoms with Gasteiger partial charge in [0.2, 0.25) is 5.91 Å². The third-order valence-electron chi connectivity index (χ3n) is 6.94. The predicted molar refractivity (Wildman–Crippen MR) is 124 cm³/mol. The van der Waals surface area contributed by atoms with Crippen molar-refractivity contribution in [1.29, 1.82) is 0 Å². The lowest BCUT2D eigenvalue weighted by Gasteiger charge is -2.35. The summed E-state index contributed by atoms with van der Waals surface area (Å²) in [7, 11) is 0. The molecule has 3 N–H and O–H groups in total. The molecule has 2 fully saturated rings. The molecular weight excluding hydrogens is 386 g/mol. The van der Waals surface area contributed by atoms with Crippen LogP contribution in [0.3, 0.4) is 0 Å². The van der Waals surface area contributed by atoms with Gasteiger partial charge in [0.05, 0.1) is 5.69 Å². The number of carbonyl (C=O) groups is 1. The Morgan fingerprint density at radius 1 is 1.23 bits per heavy atom. The Morgan fingerprint density at radius 3 is 2.58 bits per heavy atom. The molecule has 31 heavy (non-hydrogen) atoms. The van der Waals surface area contributed by atoms with Crippen LogP contribution in [0.25, 0.3) is 0 Å². The minimum Gasteiger partial charge on any atom is -0.361 e. The van der Waals surface area contributed by atoms with Gasteiger partial charge in [-0.1, -0.05) is 36.7 Å². The monoisotopic (exact) mass is 423 g/mol. The van der Waals surface area contributed by atoms with E-state index in [0.717, 1.165) is 34.5 Å². The molecule has 1 amide bonds. The number of hydrogen-bond acceptors (Lipinski definition) is 4. The number of nitrogens with two attached hydrogens (primary N) is 1. The van der Waals surface area contributed by atoms with Gasteiger partial charge in [-0.3, -0.25) is 4.79 Å². The first-order valence-corrected chi connectivity index (χ1v) is 11.9. The number of aromatic nitrogens is 1. The highest BCUT2D eigenvalue weighted by Gasteiger charge is 2.41. The Labute approximate surface area is 186 Å². The second kappa shape index (κ2) is 9.15. The van der Waals surface area contributed by atoms with Crippen molar-refractivity contribution in [2.75, 3.05) is 11.9 Å². The summed E-state index contributed by atoms with van der Waals surface area (Å²) < 4.78 is 5.93. The van der Waals surface area contributed by atoms with Gasteiger partial charge in [-0.05, 0) is 75.3 Å². The van der Waals surface area contributed by atoms with Crippen molar-refractivity contribution < 1.29 is 9.32 Å². The van der Waals surface area contributed by atoms with Crippen molar-refractivity contribution >= 4 is 11.6 Å². The van der Waals surface area contributed by atoms with Crippen LogP contribution in [0.5, 0.6) is 0 Å². The normalized spacial score (nSPS) is 21.7. The van der Waals surface area contributed by atoms with E-state index in [9.17, 15) is 4.79 Å². The third-order valence-corrected chi connectivity index (χ3v) is 6.94. The molecule has 1 heterocycles. The van der Waals surface area contributed by atoms with E-state index in [1.54, 1.807) is 0 Å². The Bertz CT molecular complexity index is 923. The summed E-state index contributed by atoms with van der Waals surface area (Å²) in [5, 5.41) is 7.55. The van der Waals surface area contributed by atoms with Crippen LogP contribution in [-0.4, -0.2) is 17.6 Å². The average molecular weight is 424 g/mol. The van der Waals surface area contributed by atoms with Gasteiger partial charge >= 0.3 is 0 Å². The minimum atomic E-state index is -0.106. The molecule has 2 saturated carbocycles. The number of benzene rings is 1. The predicted octanol–water partition coefficient (Wildman–Crippen LogP) is 5.78. The Hall–Kier alpha value is -2.14. The SMILES string of the molecule is Cc1ccc(NC(=O)C[C@H](CN)c2noc([C@H]3C[C@@H](CC(C)C)C3)c2C2CC2)c(C)c1. The van der Waals surface area contributed by atoms with Crippen LogP contribution in [-0.2, 0) is 4.79 Å². The van der Waals surface area contributed by atoms with Crippen LogP contribution in [0.2, 0.25) is 0 Å². The molecule has 0 aliphatic heterocycles. The number of nitrogens with zero attached hydrogens (tertiary/aromatic N) is 1. The molecule has 2 aliphatic carbocycles. The number of anilines is 1. The summed E-state index contributed by atoms with van der Waals surface area (Å²) in [6, 6.07) is 6.06. The first kappa shape index (κ1) is 22.1. The molecule has 0 saturated heterocycles. The fourth-order valence-corrected chi connectivity index (χ4v) is 5.17. The number of nitrogens with one attached hydrogen (secondary N) is 1. The highest BCUT2D eigenvalue weighted by atomic mass is 16.5. The molecule has 0 spiro atoms. The summed E-state index contributed by atoms with van der Waals surface area (Å²) in [4.78, 5) is 12.8. The molecule has 0 bridgehead atoms. The molecule has 1 atom stereocenters. The Balaban J connectivity index is 1.46. The van der Waals surface area contributed by atoms with Gasteiger partial charge < -0.3 is 15.6 Å². The maximum atomic E-state index is 12.8. The second-order valence-corrected chi connectivity index (χ2v) is 10.3. The van der Waals surface area contributed by atoms with Gasteiger partial charge in [-0.25, -0.2) is 0 Å². The zero-order valence-electron chi connectivity index (χ0n) is 19.4. The second-order valence-electron chi connectivity index (χ2n) is 10.3. The summed E-state index contributed by atoms with van der Waals surface area (Å²) in [6.07, 6.45) is 6.40.